The van der Waals surface area contributed by atoms with Crippen molar-refractivity contribution < 1.29 is 4.74 Å². The molecule has 0 atom stereocenters. The zero-order valence-corrected chi connectivity index (χ0v) is 11.7. The molecular formula is C13H21N3OS. The fourth-order valence-corrected chi connectivity index (χ4v) is 3.20. The standard InChI is InChI=1S/C13H21N3OS/c1-16(11-4-6-17-7-5-11)13-15-9-12(18-13)8-14-10-2-3-10/h9-11,14H,2-8H2,1H3. The predicted octanol–water partition coefficient (Wildman–Crippen LogP) is 2.01. The van der Waals surface area contributed by atoms with Gasteiger partial charge in [0.2, 0.25) is 0 Å². The zero-order valence-electron chi connectivity index (χ0n) is 10.9. The van der Waals surface area contributed by atoms with Crippen molar-refractivity contribution in [2.24, 2.45) is 0 Å². The Kier molecular flexibility index (Phi) is 3.82. The third-order valence-electron chi connectivity index (χ3n) is 3.72. The van der Waals surface area contributed by atoms with Crippen LogP contribution in [0.2, 0.25) is 0 Å². The SMILES string of the molecule is CN(c1ncc(CNC2CC2)s1)C1CCOCC1. The van der Waals surface area contributed by atoms with Crippen molar-refractivity contribution in [1.29, 1.82) is 0 Å². The van der Waals surface area contributed by atoms with E-state index in [-0.39, 0.29) is 0 Å². The average molecular weight is 267 g/mol. The van der Waals surface area contributed by atoms with E-state index in [1.54, 1.807) is 0 Å². The van der Waals surface area contributed by atoms with Crippen LogP contribution in [0.3, 0.4) is 0 Å². The summed E-state index contributed by atoms with van der Waals surface area (Å²) in [7, 11) is 2.16. The van der Waals surface area contributed by atoms with E-state index in [4.69, 9.17) is 4.74 Å². The average Bonchev–Trinajstić information content (AvgIpc) is 3.14. The highest BCUT2D eigenvalue weighted by atomic mass is 32.1. The number of aromatic nitrogens is 1. The molecule has 18 heavy (non-hydrogen) atoms. The van der Waals surface area contributed by atoms with E-state index in [0.29, 0.717) is 6.04 Å². The number of hydrogen-bond acceptors (Lipinski definition) is 5. The van der Waals surface area contributed by atoms with Gasteiger partial charge in [-0.3, -0.25) is 0 Å². The maximum Gasteiger partial charge on any atom is 0.185 e. The second-order valence-corrected chi connectivity index (χ2v) is 6.31. The third kappa shape index (κ3) is 3.02. The molecule has 3 rings (SSSR count). The smallest absolute Gasteiger partial charge is 0.185 e. The quantitative estimate of drug-likeness (QED) is 0.885. The number of rotatable bonds is 5. The molecule has 2 fully saturated rings. The van der Waals surface area contributed by atoms with Crippen LogP contribution in [0, 0.1) is 0 Å². The van der Waals surface area contributed by atoms with Gasteiger partial charge in [-0.25, -0.2) is 4.98 Å². The summed E-state index contributed by atoms with van der Waals surface area (Å²) >= 11 is 1.82. The van der Waals surface area contributed by atoms with Crippen molar-refractivity contribution in [1.82, 2.24) is 10.3 Å². The van der Waals surface area contributed by atoms with Crippen molar-refractivity contribution in [3.05, 3.63) is 11.1 Å². The van der Waals surface area contributed by atoms with Gasteiger partial charge in [-0.2, -0.15) is 0 Å². The Labute approximate surface area is 112 Å². The lowest BCUT2D eigenvalue weighted by atomic mass is 10.1. The van der Waals surface area contributed by atoms with Gasteiger partial charge in [0.1, 0.15) is 0 Å². The molecule has 1 N–H and O–H groups in total. The molecule has 0 aromatic carbocycles. The predicted molar refractivity (Wildman–Crippen MR) is 74.2 cm³/mol. The molecule has 5 heteroatoms. The minimum Gasteiger partial charge on any atom is -0.381 e. The van der Waals surface area contributed by atoms with Crippen molar-refractivity contribution in [3.63, 3.8) is 0 Å². The van der Waals surface area contributed by atoms with E-state index in [1.807, 2.05) is 17.5 Å². The van der Waals surface area contributed by atoms with Crippen LogP contribution in [0.25, 0.3) is 0 Å². The van der Waals surface area contributed by atoms with Gasteiger partial charge in [0.05, 0.1) is 0 Å². The second kappa shape index (κ2) is 5.55. The molecule has 100 valence electrons. The lowest BCUT2D eigenvalue weighted by molar-refractivity contribution is 0.0855. The fraction of sp³-hybridized carbons (Fsp3) is 0.769. The van der Waals surface area contributed by atoms with Gasteiger partial charge in [-0.05, 0) is 25.7 Å². The Morgan fingerprint density at radius 2 is 2.17 bits per heavy atom. The molecular weight excluding hydrogens is 246 g/mol. The highest BCUT2D eigenvalue weighted by molar-refractivity contribution is 7.15. The highest BCUT2D eigenvalue weighted by Gasteiger charge is 2.22. The maximum absolute atomic E-state index is 5.41. The molecule has 2 heterocycles. The van der Waals surface area contributed by atoms with Crippen LogP contribution in [-0.4, -0.2) is 37.3 Å². The monoisotopic (exact) mass is 267 g/mol. The van der Waals surface area contributed by atoms with E-state index in [0.717, 1.165) is 43.8 Å². The van der Waals surface area contributed by atoms with Crippen LogP contribution in [-0.2, 0) is 11.3 Å². The maximum atomic E-state index is 5.41. The second-order valence-electron chi connectivity index (χ2n) is 5.22. The molecule has 0 unspecified atom stereocenters. The van der Waals surface area contributed by atoms with Crippen molar-refractivity contribution in [2.75, 3.05) is 25.2 Å². The molecule has 0 bridgehead atoms. The van der Waals surface area contributed by atoms with E-state index >= 15 is 0 Å². The van der Waals surface area contributed by atoms with Crippen LogP contribution >= 0.6 is 11.3 Å². The highest BCUT2D eigenvalue weighted by Crippen LogP contribution is 2.27. The van der Waals surface area contributed by atoms with Crippen LogP contribution in [0.15, 0.2) is 6.20 Å². The molecule has 4 nitrogen and oxygen atoms in total. The van der Waals surface area contributed by atoms with Gasteiger partial charge in [-0.1, -0.05) is 0 Å². The summed E-state index contributed by atoms with van der Waals surface area (Å²) in [5.74, 6) is 0. The molecule has 1 aliphatic heterocycles. The Bertz CT molecular complexity index is 385. The van der Waals surface area contributed by atoms with Gasteiger partial charge in [-0.15, -0.1) is 11.3 Å². The number of anilines is 1. The van der Waals surface area contributed by atoms with Gasteiger partial charge in [0, 0.05) is 50.0 Å². The summed E-state index contributed by atoms with van der Waals surface area (Å²) in [4.78, 5) is 8.22. The summed E-state index contributed by atoms with van der Waals surface area (Å²) in [6.07, 6.45) is 6.93. The molecule has 1 saturated carbocycles. The number of hydrogen-bond donors (Lipinski definition) is 1. The topological polar surface area (TPSA) is 37.4 Å². The van der Waals surface area contributed by atoms with Crippen LogP contribution < -0.4 is 10.2 Å². The molecule has 1 saturated heterocycles. The van der Waals surface area contributed by atoms with Crippen molar-refractivity contribution in [3.8, 4) is 0 Å². The molecule has 0 radical (unpaired) electrons. The van der Waals surface area contributed by atoms with Gasteiger partial charge in [0.25, 0.3) is 0 Å². The lowest BCUT2D eigenvalue weighted by Gasteiger charge is -2.30. The normalized spacial score (nSPS) is 21.2. The summed E-state index contributed by atoms with van der Waals surface area (Å²) in [6.45, 7) is 2.75. The van der Waals surface area contributed by atoms with E-state index in [1.165, 1.54) is 17.7 Å². The first kappa shape index (κ1) is 12.4. The summed E-state index contributed by atoms with van der Waals surface area (Å²) in [5.41, 5.74) is 0. The minimum absolute atomic E-state index is 0.592. The summed E-state index contributed by atoms with van der Waals surface area (Å²) in [5, 5.41) is 4.68. The lowest BCUT2D eigenvalue weighted by Crippen LogP contribution is -2.36. The van der Waals surface area contributed by atoms with Crippen LogP contribution in [0.5, 0.6) is 0 Å². The summed E-state index contributed by atoms with van der Waals surface area (Å²) in [6, 6.07) is 1.36. The van der Waals surface area contributed by atoms with Gasteiger partial charge >= 0.3 is 0 Å². The van der Waals surface area contributed by atoms with E-state index in [2.05, 4.69) is 22.2 Å². The zero-order chi connectivity index (χ0) is 12.4. The van der Waals surface area contributed by atoms with Gasteiger partial charge in [0.15, 0.2) is 5.13 Å². The first-order chi connectivity index (χ1) is 8.83. The first-order valence-electron chi connectivity index (χ1n) is 6.81. The number of ether oxygens (including phenoxy) is 1. The van der Waals surface area contributed by atoms with E-state index in [9.17, 15) is 0 Å². The Morgan fingerprint density at radius 3 is 2.89 bits per heavy atom. The molecule has 1 aromatic heterocycles. The Balaban J connectivity index is 1.56. The Morgan fingerprint density at radius 1 is 1.39 bits per heavy atom. The Hall–Kier alpha value is -0.650. The molecule has 0 amide bonds. The number of nitrogens with zero attached hydrogens (tertiary/aromatic N) is 2. The molecule has 0 spiro atoms. The summed E-state index contributed by atoms with van der Waals surface area (Å²) < 4.78 is 5.41. The fourth-order valence-electron chi connectivity index (χ4n) is 2.30. The molecule has 1 aromatic rings. The first-order valence-corrected chi connectivity index (χ1v) is 7.63. The van der Waals surface area contributed by atoms with Crippen LogP contribution in [0.1, 0.15) is 30.6 Å². The number of thiazole rings is 1. The third-order valence-corrected chi connectivity index (χ3v) is 4.81. The minimum atomic E-state index is 0.592. The van der Waals surface area contributed by atoms with Crippen molar-refractivity contribution >= 4 is 16.5 Å². The van der Waals surface area contributed by atoms with Crippen LogP contribution in [0.4, 0.5) is 5.13 Å². The van der Waals surface area contributed by atoms with E-state index < -0.39 is 0 Å². The van der Waals surface area contributed by atoms with Gasteiger partial charge < -0.3 is 15.0 Å². The number of nitrogens with one attached hydrogen (secondary N) is 1. The van der Waals surface area contributed by atoms with Crippen molar-refractivity contribution in [2.45, 2.75) is 44.3 Å². The largest absolute Gasteiger partial charge is 0.381 e. The molecule has 2 aliphatic rings. The molecule has 1 aliphatic carbocycles.